The number of nitrogens with zero attached hydrogens (tertiary/aromatic N) is 2. The van der Waals surface area contributed by atoms with E-state index in [1.165, 1.54) is 28.6 Å². The number of aromatic nitrogens is 1. The van der Waals surface area contributed by atoms with Crippen LogP contribution in [0.5, 0.6) is 0 Å². The fraction of sp³-hybridized carbons (Fsp3) is 0.440. The molecule has 1 saturated carbocycles. The number of halogens is 1. The van der Waals surface area contributed by atoms with E-state index < -0.39 is 30.9 Å². The van der Waals surface area contributed by atoms with Gasteiger partial charge in [0, 0.05) is 25.6 Å². The summed E-state index contributed by atoms with van der Waals surface area (Å²) >= 11 is 0. The minimum atomic E-state index is -4.42. The number of sulfonamides is 1. The van der Waals surface area contributed by atoms with E-state index in [0.29, 0.717) is 53.7 Å². The molecule has 2 aromatic carbocycles. The van der Waals surface area contributed by atoms with Crippen molar-refractivity contribution in [1.29, 1.82) is 0 Å². The van der Waals surface area contributed by atoms with Gasteiger partial charge in [-0.25, -0.2) is 25.2 Å². The van der Waals surface area contributed by atoms with Crippen LogP contribution < -0.4 is 0 Å². The fourth-order valence-electron chi connectivity index (χ4n) is 5.28. The van der Waals surface area contributed by atoms with Gasteiger partial charge in [0.2, 0.25) is 0 Å². The molecule has 7 nitrogen and oxygen atoms in total. The molecule has 188 valence electrons. The molecule has 5 rings (SSSR count). The third-order valence-electron chi connectivity index (χ3n) is 7.28. The van der Waals surface area contributed by atoms with Gasteiger partial charge in [-0.15, -0.1) is 0 Å². The van der Waals surface area contributed by atoms with Crippen LogP contribution in [0.3, 0.4) is 0 Å². The molecule has 35 heavy (non-hydrogen) atoms. The van der Waals surface area contributed by atoms with Crippen molar-refractivity contribution in [2.75, 3.05) is 20.2 Å². The predicted octanol–water partition coefficient (Wildman–Crippen LogP) is 4.31. The normalized spacial score (nSPS) is 21.5. The second kappa shape index (κ2) is 8.69. The number of aryl methyl sites for hydroxylation is 2. The molecular weight excluding hydrogens is 491 g/mol. The Hall–Kier alpha value is -2.27. The van der Waals surface area contributed by atoms with E-state index in [0.717, 1.165) is 11.1 Å². The Kier molecular flexibility index (Phi) is 6.06. The van der Waals surface area contributed by atoms with Crippen molar-refractivity contribution in [3.05, 3.63) is 58.9 Å². The zero-order chi connectivity index (χ0) is 25.1. The van der Waals surface area contributed by atoms with Crippen LogP contribution in [0.4, 0.5) is 4.39 Å². The number of hydrogen-bond donors (Lipinski definition) is 0. The number of rotatable bonds is 6. The first kappa shape index (κ1) is 24.4. The first-order valence-electron chi connectivity index (χ1n) is 11.8. The van der Waals surface area contributed by atoms with E-state index in [9.17, 15) is 16.8 Å². The molecule has 0 unspecified atom stereocenters. The van der Waals surface area contributed by atoms with Gasteiger partial charge in [0.1, 0.15) is 11.3 Å². The van der Waals surface area contributed by atoms with Gasteiger partial charge >= 0.3 is 0 Å². The summed E-state index contributed by atoms with van der Waals surface area (Å²) in [6.45, 7) is 4.21. The summed E-state index contributed by atoms with van der Waals surface area (Å²) in [6.07, 6.45) is 2.89. The highest BCUT2D eigenvalue weighted by Crippen LogP contribution is 2.45. The zero-order valence-corrected chi connectivity index (χ0v) is 21.6. The van der Waals surface area contributed by atoms with Crippen LogP contribution in [-0.2, 0) is 24.8 Å². The number of hydrogen-bond acceptors (Lipinski definition) is 5. The Labute approximate surface area is 205 Å². The molecule has 1 aliphatic carbocycles. The van der Waals surface area contributed by atoms with Crippen molar-refractivity contribution < 1.29 is 26.0 Å². The summed E-state index contributed by atoms with van der Waals surface area (Å²) in [5.41, 5.74) is 2.09. The van der Waals surface area contributed by atoms with Gasteiger partial charge in [0.25, 0.3) is 20.0 Å². The van der Waals surface area contributed by atoms with E-state index in [-0.39, 0.29) is 22.4 Å². The van der Waals surface area contributed by atoms with Gasteiger partial charge in [-0.2, -0.15) is 4.31 Å². The average molecular weight is 521 g/mol. The molecule has 0 radical (unpaired) electrons. The molecule has 0 amide bonds. The van der Waals surface area contributed by atoms with E-state index >= 15 is 4.39 Å². The molecule has 1 aliphatic heterocycles. The number of fused-ring (bicyclic) bond motifs is 1. The molecular formula is C25H29FN2O5S2. The van der Waals surface area contributed by atoms with Gasteiger partial charge < -0.3 is 4.74 Å². The van der Waals surface area contributed by atoms with Gasteiger partial charge in [-0.1, -0.05) is 17.7 Å². The third-order valence-corrected chi connectivity index (χ3v) is 11.0. The Morgan fingerprint density at radius 2 is 1.57 bits per heavy atom. The van der Waals surface area contributed by atoms with Crippen LogP contribution in [0, 0.1) is 19.7 Å². The van der Waals surface area contributed by atoms with Crippen LogP contribution in [0.25, 0.3) is 10.9 Å². The molecule has 0 spiro atoms. The van der Waals surface area contributed by atoms with E-state index in [1.54, 1.807) is 26.2 Å². The first-order chi connectivity index (χ1) is 16.6. The lowest BCUT2D eigenvalue weighted by Crippen LogP contribution is -2.31. The highest BCUT2D eigenvalue weighted by molar-refractivity contribution is 7.92. The molecule has 1 aromatic heterocycles. The van der Waals surface area contributed by atoms with Gasteiger partial charge in [0.05, 0.1) is 11.0 Å². The molecule has 0 bridgehead atoms. The summed E-state index contributed by atoms with van der Waals surface area (Å²) in [5.74, 6) is -0.731. The van der Waals surface area contributed by atoms with E-state index in [1.807, 2.05) is 6.92 Å². The van der Waals surface area contributed by atoms with Crippen molar-refractivity contribution >= 4 is 30.9 Å². The summed E-state index contributed by atoms with van der Waals surface area (Å²) in [5, 5.41) is -0.0844. The zero-order valence-electron chi connectivity index (χ0n) is 20.0. The van der Waals surface area contributed by atoms with Gasteiger partial charge in [-0.05, 0) is 80.8 Å². The summed E-state index contributed by atoms with van der Waals surface area (Å²) < 4.78 is 78.2. The minimum Gasteiger partial charge on any atom is -0.381 e. The standard InChI is InChI=1S/C25H29FN2O5S2/c1-16-6-8-20(9-7-16)34(29,30)28-23(35(31,32)27-10-4-5-11-27)15-21-24(18-13-19(14-18)33-3)17(2)12-22(26)25(21)28/h6-9,12,15,18-19H,4-5,10-11,13-14H2,1-3H3. The maximum atomic E-state index is 15.6. The number of benzene rings is 2. The molecule has 2 fully saturated rings. The van der Waals surface area contributed by atoms with E-state index in [4.69, 9.17) is 4.74 Å². The average Bonchev–Trinajstić information content (AvgIpc) is 3.45. The highest BCUT2D eigenvalue weighted by atomic mass is 32.2. The Morgan fingerprint density at radius 1 is 0.943 bits per heavy atom. The summed E-state index contributed by atoms with van der Waals surface area (Å²) in [7, 11) is -6.96. The van der Waals surface area contributed by atoms with Crippen molar-refractivity contribution in [1.82, 2.24) is 8.28 Å². The summed E-state index contributed by atoms with van der Waals surface area (Å²) in [6, 6.07) is 8.79. The SMILES string of the molecule is COC1CC(c2c(C)cc(F)c3c2cc(S(=O)(=O)N2CCCC2)n3S(=O)(=O)c2ccc(C)cc2)C1. The molecule has 0 atom stereocenters. The lowest BCUT2D eigenvalue weighted by Gasteiger charge is -2.35. The monoisotopic (exact) mass is 520 g/mol. The lowest BCUT2D eigenvalue weighted by molar-refractivity contribution is 0.0260. The third kappa shape index (κ3) is 3.91. The number of methoxy groups -OCH3 is 1. The quantitative estimate of drug-likeness (QED) is 0.484. The Bertz CT molecular complexity index is 1500. The van der Waals surface area contributed by atoms with Crippen molar-refractivity contribution in [2.24, 2.45) is 0 Å². The second-order valence-electron chi connectivity index (χ2n) is 9.55. The molecule has 2 heterocycles. The van der Waals surface area contributed by atoms with Crippen LogP contribution in [-0.4, -0.2) is 51.4 Å². The summed E-state index contributed by atoms with van der Waals surface area (Å²) in [4.78, 5) is -0.0944. The minimum absolute atomic E-state index is 0.0309. The maximum Gasteiger partial charge on any atom is 0.269 e. The molecule has 1 saturated heterocycles. The Morgan fingerprint density at radius 3 is 2.17 bits per heavy atom. The fourth-order valence-corrected chi connectivity index (χ4v) is 8.83. The van der Waals surface area contributed by atoms with Crippen LogP contribution >= 0.6 is 0 Å². The molecule has 10 heteroatoms. The van der Waals surface area contributed by atoms with Gasteiger partial charge in [-0.3, -0.25) is 0 Å². The molecule has 0 N–H and O–H groups in total. The topological polar surface area (TPSA) is 85.7 Å². The number of ether oxygens (including phenoxy) is 1. The second-order valence-corrected chi connectivity index (χ2v) is 13.2. The van der Waals surface area contributed by atoms with Crippen LogP contribution in [0.15, 0.2) is 46.3 Å². The van der Waals surface area contributed by atoms with Crippen LogP contribution in [0.2, 0.25) is 0 Å². The smallest absolute Gasteiger partial charge is 0.269 e. The van der Waals surface area contributed by atoms with Crippen LogP contribution in [0.1, 0.15) is 48.3 Å². The molecule has 2 aliphatic rings. The Balaban J connectivity index is 1.82. The van der Waals surface area contributed by atoms with Crippen molar-refractivity contribution in [2.45, 2.75) is 61.5 Å². The largest absolute Gasteiger partial charge is 0.381 e. The highest BCUT2D eigenvalue weighted by Gasteiger charge is 2.39. The molecule has 3 aromatic rings. The first-order valence-corrected chi connectivity index (χ1v) is 14.6. The lowest BCUT2D eigenvalue weighted by atomic mass is 9.75. The van der Waals surface area contributed by atoms with Crippen molar-refractivity contribution in [3.8, 4) is 0 Å². The van der Waals surface area contributed by atoms with Crippen molar-refractivity contribution in [3.63, 3.8) is 0 Å². The predicted molar refractivity (Wildman–Crippen MR) is 131 cm³/mol. The maximum absolute atomic E-state index is 15.6. The van der Waals surface area contributed by atoms with E-state index in [2.05, 4.69) is 0 Å². The van der Waals surface area contributed by atoms with Gasteiger partial charge in [0.15, 0.2) is 5.03 Å².